The average molecular weight is 1600 g/mol. The summed E-state index contributed by atoms with van der Waals surface area (Å²) < 4.78 is 36.5. The number of ketones is 3. The minimum absolute atomic E-state index is 0. The number of carbonyl (C=O) groups excluding carboxylic acids is 12. The van der Waals surface area contributed by atoms with Gasteiger partial charge in [-0.3, -0.25) is 57.5 Å². The molecule has 5 aromatic rings. The van der Waals surface area contributed by atoms with Crippen LogP contribution in [0.5, 0.6) is 11.5 Å². The van der Waals surface area contributed by atoms with Gasteiger partial charge in [0.25, 0.3) is 0 Å². The molecular weight excluding hydrogens is 1490 g/mol. The number of rotatable bonds is 13. The van der Waals surface area contributed by atoms with E-state index in [4.69, 9.17) is 14.2 Å². The predicted octanol–water partition coefficient (Wildman–Crippen LogP) is 2.61. The van der Waals surface area contributed by atoms with Gasteiger partial charge in [0, 0.05) is 101 Å². The van der Waals surface area contributed by atoms with Crippen LogP contribution in [0.2, 0.25) is 0 Å². The molecule has 6 aliphatic heterocycles. The molecule has 6 aliphatic rings. The van der Waals surface area contributed by atoms with Crippen molar-refractivity contribution in [2.24, 2.45) is 5.92 Å². The van der Waals surface area contributed by atoms with Crippen LogP contribution >= 0.6 is 0 Å². The molecule has 10 atom stereocenters. The van der Waals surface area contributed by atoms with E-state index in [0.717, 1.165) is 29.4 Å². The second kappa shape index (κ2) is 41.1. The van der Waals surface area contributed by atoms with Gasteiger partial charge < -0.3 is 87.4 Å². The van der Waals surface area contributed by atoms with Gasteiger partial charge in [-0.05, 0) is 181 Å². The van der Waals surface area contributed by atoms with Crippen LogP contribution < -0.4 is 53.8 Å². The first kappa shape index (κ1) is 88.3. The van der Waals surface area contributed by atoms with E-state index >= 15 is 33.2 Å². The summed E-state index contributed by atoms with van der Waals surface area (Å²) in [6.45, 7) is 5.44. The number of methoxy groups -OCH3 is 1. The summed E-state index contributed by atoms with van der Waals surface area (Å²) in [6.07, 6.45) is 2.55. The normalized spacial score (nSPS) is 24.8. The number of unbranched alkanes of at least 4 members (excludes halogenated alkanes) is 2. The van der Waals surface area contributed by atoms with E-state index in [1.807, 2.05) is 16.7 Å². The molecule has 7 heterocycles. The highest BCUT2D eigenvalue weighted by molar-refractivity contribution is 6.00. The number of benzene rings is 4. The molecule has 7 N–H and O–H groups in total. The Morgan fingerprint density at radius 2 is 1.44 bits per heavy atom. The zero-order valence-electron chi connectivity index (χ0n) is 66.7. The van der Waals surface area contributed by atoms with E-state index < -0.39 is 132 Å². The number of ether oxygens (including phenoxy) is 3. The Morgan fingerprint density at radius 1 is 0.693 bits per heavy atom. The van der Waals surface area contributed by atoms with Crippen molar-refractivity contribution in [3.05, 3.63) is 131 Å². The molecule has 11 rings (SSSR count). The summed E-state index contributed by atoms with van der Waals surface area (Å²) in [5.74, 6) is -8.71. The average Bonchev–Trinajstić information content (AvgIpc) is 1.61. The van der Waals surface area contributed by atoms with E-state index in [1.54, 1.807) is 84.8 Å². The second-order valence-corrected chi connectivity index (χ2v) is 32.2. The fourth-order valence-corrected chi connectivity index (χ4v) is 16.0. The molecule has 0 unspecified atom stereocenters. The third-order valence-corrected chi connectivity index (χ3v) is 22.5. The van der Waals surface area contributed by atoms with Gasteiger partial charge in [0.15, 0.2) is 11.6 Å². The predicted molar refractivity (Wildman–Crippen MR) is 419 cm³/mol. The number of amides is 9. The van der Waals surface area contributed by atoms with Crippen LogP contribution in [-0.4, -0.2) is 228 Å². The first-order valence-corrected chi connectivity index (χ1v) is 40.1. The van der Waals surface area contributed by atoms with Gasteiger partial charge in [0.05, 0.1) is 65.1 Å². The molecule has 618 valence electrons. The first-order chi connectivity index (χ1) is 54.0. The van der Waals surface area contributed by atoms with Gasteiger partial charge in [-0.1, -0.05) is 48.5 Å². The zero-order valence-corrected chi connectivity index (χ0v) is 67.5. The summed E-state index contributed by atoms with van der Waals surface area (Å²) >= 11 is 0. The number of hydrogen-bond acceptors (Lipinski definition) is 16. The highest BCUT2D eigenvalue weighted by Gasteiger charge is 2.49. The van der Waals surface area contributed by atoms with E-state index in [0.29, 0.717) is 103 Å². The van der Waals surface area contributed by atoms with E-state index in [1.165, 1.54) is 42.9 Å². The summed E-state index contributed by atoms with van der Waals surface area (Å²) in [7, 11) is 7.75. The minimum Gasteiger partial charge on any atom is -1.00 e. The molecule has 0 radical (unpaired) electrons. The molecule has 0 aliphatic carbocycles. The molecule has 2 fully saturated rings. The maximum atomic E-state index is 16.3. The van der Waals surface area contributed by atoms with Crippen LogP contribution in [0.15, 0.2) is 97.2 Å². The number of aromatic nitrogens is 1. The highest BCUT2D eigenvalue weighted by Crippen LogP contribution is 2.35. The number of hydrogen-bond donors (Lipinski definition) is 7. The molecule has 12 bridgehead atoms. The highest BCUT2D eigenvalue weighted by atomic mass is 35.5. The molecule has 9 amide bonds. The number of aliphatic hydroxyl groups is 1. The molecule has 4 aromatic carbocycles. The van der Waals surface area contributed by atoms with Crippen molar-refractivity contribution in [1.82, 2.24) is 51.2 Å². The van der Waals surface area contributed by atoms with Crippen molar-refractivity contribution < 1.29 is 98.1 Å². The molecule has 29 heteroatoms. The number of aryl methyl sites for hydroxylation is 2. The lowest BCUT2D eigenvalue weighted by molar-refractivity contribution is -0.870. The summed E-state index contributed by atoms with van der Waals surface area (Å²) in [5, 5.41) is 28.8. The van der Waals surface area contributed by atoms with Gasteiger partial charge >= 0.3 is 0 Å². The Labute approximate surface area is 672 Å². The monoisotopic (exact) mass is 1600 g/mol. The summed E-state index contributed by atoms with van der Waals surface area (Å²) in [4.78, 5) is 183. The van der Waals surface area contributed by atoms with E-state index in [9.17, 15) is 33.9 Å². The number of Topliss-reactive ketones (excluding diaryl/α,β-unsaturated/α-hetero) is 3. The maximum absolute atomic E-state index is 16.3. The Morgan fingerprint density at radius 3 is 2.18 bits per heavy atom. The Hall–Kier alpha value is -9.64. The smallest absolute Gasteiger partial charge is 0.246 e. The van der Waals surface area contributed by atoms with Crippen molar-refractivity contribution >= 4 is 81.4 Å². The lowest BCUT2D eigenvalue weighted by atomic mass is 9.88. The summed E-state index contributed by atoms with van der Waals surface area (Å²) in [5.41, 5.74) is 2.32. The van der Waals surface area contributed by atoms with Crippen molar-refractivity contribution in [3.8, 4) is 11.5 Å². The minimum atomic E-state index is -1.83. The van der Waals surface area contributed by atoms with Gasteiger partial charge in [-0.2, -0.15) is 0 Å². The fraction of sp³-hybridized carbons (Fsp3) is 0.553. The maximum Gasteiger partial charge on any atom is 0.246 e. The number of quaternary nitrogens is 1. The quantitative estimate of drug-likeness (QED) is 0.0658. The topological polar surface area (TPSA) is 340 Å². The van der Waals surface area contributed by atoms with Gasteiger partial charge in [-0.15, -0.1) is 0 Å². The molecule has 114 heavy (non-hydrogen) atoms. The number of nitrogens with zero attached hydrogens (tertiary/aromatic N) is 5. The van der Waals surface area contributed by atoms with Crippen LogP contribution in [0.4, 0.5) is 4.39 Å². The number of nitrogens with one attached hydrogen (secondary N) is 6. The van der Waals surface area contributed by atoms with Crippen molar-refractivity contribution in [2.45, 2.75) is 223 Å². The Balaban J connectivity index is 0.0000149. The third kappa shape index (κ3) is 24.2. The van der Waals surface area contributed by atoms with Crippen LogP contribution in [-0.2, 0) is 101 Å². The van der Waals surface area contributed by atoms with E-state index in [2.05, 4.69) is 53.0 Å². The van der Waals surface area contributed by atoms with Crippen molar-refractivity contribution in [1.29, 1.82) is 0 Å². The van der Waals surface area contributed by atoms with Crippen LogP contribution in [0.1, 0.15) is 158 Å². The second-order valence-electron chi connectivity index (χ2n) is 32.2. The molecule has 0 spiro atoms. The fourth-order valence-electron chi connectivity index (χ4n) is 16.0. The molecule has 1 aromatic heterocycles. The van der Waals surface area contributed by atoms with Crippen LogP contribution in [0, 0.1) is 11.7 Å². The van der Waals surface area contributed by atoms with Crippen LogP contribution in [0.3, 0.4) is 0 Å². The number of fused-ring (bicyclic) bond motifs is 18. The number of aliphatic hydroxyl groups excluding tert-OH is 1. The zero-order chi connectivity index (χ0) is 81.1. The summed E-state index contributed by atoms with van der Waals surface area (Å²) in [6, 6.07) is 16.2. The molecular formula is C85H113ClFN11O16. The van der Waals surface area contributed by atoms with Gasteiger partial charge in [0.2, 0.25) is 53.2 Å². The molecule has 2 saturated heterocycles. The molecule has 0 saturated carbocycles. The standard InChI is InChI=1S/C85H112FN11O16.ClH/c1-54-79(105)89-67(32-27-63(99)20-10-8-13-43-97(4,5)6)80(106)90-68-47-58-18-14-19-59(45-58)51-87-75(103)53-113-72-36-41-95-78(72)82(108)92-77(55(2)98)81(107)91-69(46-57-24-28-64(111-7)29-25-57)84(110)96-40-16-37-85(96,3)73(101)21-15-17-56-22-30-65(31-23-56)112-44-42-93(76(104)35-34-74(102)88-54)38-11-9-12-39-94-52-61(48-60(83(95)109)49-71(68)100)66-50-62(86)26-33-70(66)94;/h14,18-19,22-26,28-31,33,45,50,52,54-55,60,67-69,72,77-78,98H,8-13,15-17,20-21,27,32,34-44,46-49,51,53H2,1-7H3,(H5-,87,88,89,90,91,92,102,103,105,106,107,108);1H/t54-,55+,60+,67+,68-,69-,72-,77-,78-,85-;/m0./s1. The lowest BCUT2D eigenvalue weighted by Gasteiger charge is -2.37. The number of halogens is 2. The lowest BCUT2D eigenvalue weighted by Crippen LogP contribution is -3.00. The van der Waals surface area contributed by atoms with Crippen molar-refractivity contribution in [3.63, 3.8) is 0 Å². The Kier molecular flexibility index (Phi) is 31.8. The number of carbonyl (C=O) groups is 12. The third-order valence-electron chi connectivity index (χ3n) is 22.5. The Bertz CT molecular complexity index is 4250. The largest absolute Gasteiger partial charge is 1.00 e. The van der Waals surface area contributed by atoms with Gasteiger partial charge in [0.1, 0.15) is 66.5 Å². The van der Waals surface area contributed by atoms with Gasteiger partial charge in [-0.25, -0.2) is 4.39 Å². The van der Waals surface area contributed by atoms with E-state index in [-0.39, 0.29) is 133 Å². The molecule has 27 nitrogen and oxygen atoms in total. The first-order valence-electron chi connectivity index (χ1n) is 40.1. The SMILES string of the molecule is COc1ccc(C[C@@H]2NC(=O)[C@H]([C@@H](C)O)NC(=O)[C@@H]3[C@@H]4CCN3C(=O)[C@H]3CC(=O)[C@H](Cc5cccc(c5)CNC(=O)CO4)NC(=O)[C@@H](CCC(=O)CCCCC[N+](C)(C)C)NC(=O)[C@H](C)NC(=O)CCC(=O)N(CCCCCn4cc(c5cc(F)ccc54)C3)CCOc3ccc(cc3)CCCC(=O)[C@]3(C)CCCN3C2=O)cc1.[Cl-]. The van der Waals surface area contributed by atoms with Crippen molar-refractivity contribution in [2.75, 3.05) is 74.2 Å². The van der Waals surface area contributed by atoms with Crippen LogP contribution in [0.25, 0.3) is 10.9 Å².